The van der Waals surface area contributed by atoms with Crippen molar-refractivity contribution in [3.63, 3.8) is 0 Å². The molecule has 0 aliphatic carbocycles. The molecule has 0 aromatic carbocycles. The van der Waals surface area contributed by atoms with Gasteiger partial charge in [0.25, 0.3) is 0 Å². The topological polar surface area (TPSA) is 66.5 Å². The fourth-order valence-electron chi connectivity index (χ4n) is 2.62. The van der Waals surface area contributed by atoms with Gasteiger partial charge in [-0.25, -0.2) is 4.98 Å². The number of amides is 1. The summed E-state index contributed by atoms with van der Waals surface area (Å²) in [6.07, 6.45) is 4.33. The van der Waals surface area contributed by atoms with Crippen LogP contribution in [-0.2, 0) is 4.79 Å². The van der Waals surface area contributed by atoms with Crippen molar-refractivity contribution >= 4 is 17.3 Å². The lowest BCUT2D eigenvalue weighted by Crippen LogP contribution is -2.30. The first-order valence-corrected chi connectivity index (χ1v) is 7.32. The summed E-state index contributed by atoms with van der Waals surface area (Å²) in [4.78, 5) is 18.4. The second-order valence-corrected chi connectivity index (χ2v) is 5.55. The van der Waals surface area contributed by atoms with Gasteiger partial charge in [-0.1, -0.05) is 0 Å². The van der Waals surface area contributed by atoms with Gasteiger partial charge >= 0.3 is 0 Å². The number of hydrogen-bond donors (Lipinski definition) is 2. The lowest BCUT2D eigenvalue weighted by atomic mass is 9.94. The average molecular weight is 292 g/mol. The minimum atomic E-state index is 0.0244. The summed E-state index contributed by atoms with van der Waals surface area (Å²) in [5.41, 5.74) is 1.53. The molecule has 1 aromatic rings. The summed E-state index contributed by atoms with van der Waals surface area (Å²) in [6, 6.07) is 1.86. The molecule has 0 spiro atoms. The Bertz CT molecular complexity index is 485. The SMILES string of the molecule is COc1nccc(N(C)C)c1NC(=O)CC1CCNCC1. The Morgan fingerprint density at radius 1 is 1.48 bits per heavy atom. The van der Waals surface area contributed by atoms with Gasteiger partial charge in [0.2, 0.25) is 11.8 Å². The zero-order valence-electron chi connectivity index (χ0n) is 13.0. The fraction of sp³-hybridized carbons (Fsp3) is 0.600. The number of nitrogens with zero attached hydrogens (tertiary/aromatic N) is 2. The molecule has 1 fully saturated rings. The number of carbonyl (C=O) groups is 1. The minimum Gasteiger partial charge on any atom is -0.479 e. The maximum atomic E-state index is 12.3. The van der Waals surface area contributed by atoms with E-state index in [2.05, 4.69) is 15.6 Å². The third-order valence-corrected chi connectivity index (χ3v) is 3.77. The molecule has 0 radical (unpaired) electrons. The molecule has 2 heterocycles. The molecule has 1 amide bonds. The van der Waals surface area contributed by atoms with Crippen LogP contribution < -0.4 is 20.3 Å². The third kappa shape index (κ3) is 4.07. The van der Waals surface area contributed by atoms with E-state index in [1.54, 1.807) is 13.3 Å². The van der Waals surface area contributed by atoms with E-state index in [-0.39, 0.29) is 5.91 Å². The number of nitrogens with one attached hydrogen (secondary N) is 2. The predicted octanol–water partition coefficient (Wildman–Crippen LogP) is 1.48. The van der Waals surface area contributed by atoms with Gasteiger partial charge in [-0.05, 0) is 37.9 Å². The molecule has 0 unspecified atom stereocenters. The van der Waals surface area contributed by atoms with Crippen molar-refractivity contribution in [1.29, 1.82) is 0 Å². The van der Waals surface area contributed by atoms with Gasteiger partial charge < -0.3 is 20.3 Å². The summed E-state index contributed by atoms with van der Waals surface area (Å²) in [5.74, 6) is 0.924. The Kier molecular flexibility index (Phi) is 5.38. The van der Waals surface area contributed by atoms with Crippen LogP contribution in [0.2, 0.25) is 0 Å². The minimum absolute atomic E-state index is 0.0244. The van der Waals surface area contributed by atoms with Crippen LogP contribution in [0.3, 0.4) is 0 Å². The zero-order chi connectivity index (χ0) is 15.2. The van der Waals surface area contributed by atoms with E-state index < -0.39 is 0 Å². The molecule has 1 aliphatic rings. The van der Waals surface area contributed by atoms with Gasteiger partial charge in [-0.3, -0.25) is 4.79 Å². The highest BCUT2D eigenvalue weighted by Crippen LogP contribution is 2.32. The van der Waals surface area contributed by atoms with Crippen LogP contribution in [0.1, 0.15) is 19.3 Å². The molecule has 6 heteroatoms. The Hall–Kier alpha value is -1.82. The van der Waals surface area contributed by atoms with Gasteiger partial charge in [0.05, 0.1) is 12.8 Å². The molecule has 1 saturated heterocycles. The summed E-state index contributed by atoms with van der Waals surface area (Å²) in [7, 11) is 5.42. The smallest absolute Gasteiger partial charge is 0.239 e. The maximum Gasteiger partial charge on any atom is 0.239 e. The van der Waals surface area contributed by atoms with E-state index >= 15 is 0 Å². The van der Waals surface area contributed by atoms with Crippen molar-refractivity contribution in [2.75, 3.05) is 44.5 Å². The van der Waals surface area contributed by atoms with Crippen LogP contribution in [0.15, 0.2) is 12.3 Å². The lowest BCUT2D eigenvalue weighted by Gasteiger charge is -2.23. The van der Waals surface area contributed by atoms with Crippen LogP contribution in [-0.4, -0.2) is 45.2 Å². The normalized spacial score (nSPS) is 15.6. The van der Waals surface area contributed by atoms with Crippen molar-refractivity contribution in [2.45, 2.75) is 19.3 Å². The molecule has 0 atom stereocenters. The number of hydrogen-bond acceptors (Lipinski definition) is 5. The Balaban J connectivity index is 2.08. The van der Waals surface area contributed by atoms with Crippen LogP contribution >= 0.6 is 0 Å². The molecular formula is C15H24N4O2. The van der Waals surface area contributed by atoms with Crippen molar-refractivity contribution < 1.29 is 9.53 Å². The number of ether oxygens (including phenoxy) is 1. The van der Waals surface area contributed by atoms with E-state index in [0.29, 0.717) is 23.9 Å². The highest BCUT2D eigenvalue weighted by molar-refractivity contribution is 5.96. The fourth-order valence-corrected chi connectivity index (χ4v) is 2.62. The van der Waals surface area contributed by atoms with Gasteiger partial charge in [0, 0.05) is 26.7 Å². The zero-order valence-corrected chi connectivity index (χ0v) is 13.0. The Labute approximate surface area is 125 Å². The van der Waals surface area contributed by atoms with Crippen molar-refractivity contribution in [2.24, 2.45) is 5.92 Å². The highest BCUT2D eigenvalue weighted by Gasteiger charge is 2.19. The molecule has 116 valence electrons. The van der Waals surface area contributed by atoms with Gasteiger partial charge in [0.1, 0.15) is 5.69 Å². The van der Waals surface area contributed by atoms with E-state index in [1.807, 2.05) is 25.1 Å². The molecular weight excluding hydrogens is 268 g/mol. The average Bonchev–Trinajstić information content (AvgIpc) is 2.48. The standard InChI is InChI=1S/C15H24N4O2/c1-19(2)12-6-9-17-15(21-3)14(12)18-13(20)10-11-4-7-16-8-5-11/h6,9,11,16H,4-5,7-8,10H2,1-3H3,(H,18,20). The quantitative estimate of drug-likeness (QED) is 0.860. The molecule has 6 nitrogen and oxygen atoms in total. The van der Waals surface area contributed by atoms with E-state index in [4.69, 9.17) is 4.74 Å². The van der Waals surface area contributed by atoms with Gasteiger partial charge in [0.15, 0.2) is 0 Å². The summed E-state index contributed by atoms with van der Waals surface area (Å²) in [6.45, 7) is 1.99. The molecule has 0 bridgehead atoms. The van der Waals surface area contributed by atoms with Crippen molar-refractivity contribution in [3.8, 4) is 5.88 Å². The van der Waals surface area contributed by atoms with E-state index in [9.17, 15) is 4.79 Å². The number of piperidine rings is 1. The Morgan fingerprint density at radius 3 is 2.81 bits per heavy atom. The van der Waals surface area contributed by atoms with Crippen LogP contribution in [0.4, 0.5) is 11.4 Å². The predicted molar refractivity (Wildman–Crippen MR) is 84.0 cm³/mol. The number of rotatable bonds is 5. The molecule has 2 rings (SSSR count). The number of carbonyl (C=O) groups excluding carboxylic acids is 1. The molecule has 0 saturated carbocycles. The van der Waals surface area contributed by atoms with Gasteiger partial charge in [-0.15, -0.1) is 0 Å². The highest BCUT2D eigenvalue weighted by atomic mass is 16.5. The number of anilines is 2. The first-order valence-electron chi connectivity index (χ1n) is 7.32. The first-order chi connectivity index (χ1) is 10.1. The molecule has 21 heavy (non-hydrogen) atoms. The van der Waals surface area contributed by atoms with Gasteiger partial charge in [-0.2, -0.15) is 0 Å². The molecule has 1 aromatic heterocycles. The third-order valence-electron chi connectivity index (χ3n) is 3.77. The second-order valence-electron chi connectivity index (χ2n) is 5.55. The van der Waals surface area contributed by atoms with Crippen LogP contribution in [0, 0.1) is 5.92 Å². The van der Waals surface area contributed by atoms with Crippen molar-refractivity contribution in [1.82, 2.24) is 10.3 Å². The summed E-state index contributed by atoms with van der Waals surface area (Å²) in [5, 5.41) is 6.28. The number of aromatic nitrogens is 1. The molecule has 1 aliphatic heterocycles. The number of methoxy groups -OCH3 is 1. The Morgan fingerprint density at radius 2 is 2.19 bits per heavy atom. The first kappa shape index (κ1) is 15.6. The van der Waals surface area contributed by atoms with Crippen LogP contribution in [0.25, 0.3) is 0 Å². The largest absolute Gasteiger partial charge is 0.479 e. The maximum absolute atomic E-state index is 12.3. The van der Waals surface area contributed by atoms with E-state index in [0.717, 1.165) is 31.6 Å². The van der Waals surface area contributed by atoms with Crippen molar-refractivity contribution in [3.05, 3.63) is 12.3 Å². The number of pyridine rings is 1. The lowest BCUT2D eigenvalue weighted by molar-refractivity contribution is -0.117. The summed E-state index contributed by atoms with van der Waals surface area (Å²) >= 11 is 0. The second kappa shape index (κ2) is 7.26. The molecule has 2 N–H and O–H groups in total. The summed E-state index contributed by atoms with van der Waals surface area (Å²) < 4.78 is 5.26. The van der Waals surface area contributed by atoms with E-state index in [1.165, 1.54) is 0 Å². The van der Waals surface area contributed by atoms with Crippen LogP contribution in [0.5, 0.6) is 5.88 Å². The monoisotopic (exact) mass is 292 g/mol.